The number of aryl methyl sites for hydroxylation is 1. The predicted molar refractivity (Wildman–Crippen MR) is 96.1 cm³/mol. The monoisotopic (exact) mass is 286 g/mol. The van der Waals surface area contributed by atoms with Gasteiger partial charge in [0, 0.05) is 0 Å². The van der Waals surface area contributed by atoms with Crippen LogP contribution in [0.1, 0.15) is 30.9 Å². The maximum absolute atomic E-state index is 2.31. The second-order valence-corrected chi connectivity index (χ2v) is 6.18. The molecule has 0 saturated heterocycles. The summed E-state index contributed by atoms with van der Waals surface area (Å²) in [5, 5.41) is 0. The van der Waals surface area contributed by atoms with Gasteiger partial charge in [-0.25, -0.2) is 0 Å². The fourth-order valence-corrected chi connectivity index (χ4v) is 2.86. The van der Waals surface area contributed by atoms with Gasteiger partial charge in [-0.15, -0.1) is 0 Å². The van der Waals surface area contributed by atoms with Gasteiger partial charge in [-0.2, -0.15) is 0 Å². The van der Waals surface area contributed by atoms with Crippen molar-refractivity contribution in [3.8, 4) is 22.3 Å². The van der Waals surface area contributed by atoms with Gasteiger partial charge in [0.05, 0.1) is 0 Å². The van der Waals surface area contributed by atoms with E-state index in [1.54, 1.807) is 0 Å². The second-order valence-electron chi connectivity index (χ2n) is 6.18. The highest BCUT2D eigenvalue weighted by Crippen LogP contribution is 2.29. The molecule has 0 heterocycles. The second kappa shape index (κ2) is 6.19. The minimum absolute atomic E-state index is 0.560. The van der Waals surface area contributed by atoms with E-state index in [1.165, 1.54) is 33.4 Å². The van der Waals surface area contributed by atoms with E-state index in [0.29, 0.717) is 5.92 Å². The lowest BCUT2D eigenvalue weighted by Crippen LogP contribution is -1.89. The third-order valence-electron chi connectivity index (χ3n) is 4.20. The lowest BCUT2D eigenvalue weighted by Gasteiger charge is -2.11. The van der Waals surface area contributed by atoms with Gasteiger partial charge in [0.2, 0.25) is 0 Å². The first-order valence-electron chi connectivity index (χ1n) is 7.91. The first kappa shape index (κ1) is 14.6. The van der Waals surface area contributed by atoms with Gasteiger partial charge in [0.25, 0.3) is 0 Å². The smallest absolute Gasteiger partial charge is 0.0154 e. The Morgan fingerprint density at radius 1 is 0.636 bits per heavy atom. The molecule has 0 spiro atoms. The summed E-state index contributed by atoms with van der Waals surface area (Å²) in [6.07, 6.45) is 0. The van der Waals surface area contributed by atoms with E-state index < -0.39 is 0 Å². The van der Waals surface area contributed by atoms with Crippen LogP contribution < -0.4 is 0 Å². The zero-order valence-corrected chi connectivity index (χ0v) is 13.5. The molecule has 0 nitrogen and oxygen atoms in total. The maximum Gasteiger partial charge on any atom is -0.0154 e. The van der Waals surface area contributed by atoms with Gasteiger partial charge in [-0.05, 0) is 46.2 Å². The van der Waals surface area contributed by atoms with Crippen LogP contribution in [0, 0.1) is 6.92 Å². The van der Waals surface area contributed by atoms with Crippen LogP contribution in [0.5, 0.6) is 0 Å². The van der Waals surface area contributed by atoms with Gasteiger partial charge in [-0.3, -0.25) is 0 Å². The summed E-state index contributed by atoms with van der Waals surface area (Å²) < 4.78 is 0. The first-order chi connectivity index (χ1) is 10.6. The summed E-state index contributed by atoms with van der Waals surface area (Å²) in [6.45, 7) is 6.67. The average Bonchev–Trinajstić information content (AvgIpc) is 2.55. The quantitative estimate of drug-likeness (QED) is 0.519. The SMILES string of the molecule is Cc1cc(-c2cccc(C(C)C)c2)ccc1-c1ccccc1. The van der Waals surface area contributed by atoms with Crippen LogP contribution in [0.25, 0.3) is 22.3 Å². The van der Waals surface area contributed by atoms with E-state index in [9.17, 15) is 0 Å². The average molecular weight is 286 g/mol. The Balaban J connectivity index is 2.00. The van der Waals surface area contributed by atoms with Crippen LogP contribution >= 0.6 is 0 Å². The molecule has 0 atom stereocenters. The Kier molecular flexibility index (Phi) is 4.11. The standard InChI is InChI=1S/C22H22/c1-16(2)19-10-7-11-20(15-19)21-12-13-22(17(3)14-21)18-8-5-4-6-9-18/h4-16H,1-3H3. The lowest BCUT2D eigenvalue weighted by atomic mass is 9.93. The summed E-state index contributed by atoms with van der Waals surface area (Å²) in [6, 6.07) is 26.2. The highest BCUT2D eigenvalue weighted by molar-refractivity contribution is 5.73. The molecule has 0 fully saturated rings. The topological polar surface area (TPSA) is 0 Å². The van der Waals surface area contributed by atoms with E-state index in [-0.39, 0.29) is 0 Å². The molecule has 0 aliphatic carbocycles. The predicted octanol–water partition coefficient (Wildman–Crippen LogP) is 6.45. The number of hydrogen-bond donors (Lipinski definition) is 0. The lowest BCUT2D eigenvalue weighted by molar-refractivity contribution is 0.867. The minimum atomic E-state index is 0.560. The summed E-state index contributed by atoms with van der Waals surface area (Å²) in [7, 11) is 0. The van der Waals surface area contributed by atoms with Crippen molar-refractivity contribution >= 4 is 0 Å². The summed E-state index contributed by atoms with van der Waals surface area (Å²) in [4.78, 5) is 0. The third-order valence-corrected chi connectivity index (χ3v) is 4.20. The van der Waals surface area contributed by atoms with Gasteiger partial charge >= 0.3 is 0 Å². The van der Waals surface area contributed by atoms with Crippen molar-refractivity contribution in [2.24, 2.45) is 0 Å². The van der Waals surface area contributed by atoms with Crippen molar-refractivity contribution < 1.29 is 0 Å². The molecule has 0 unspecified atom stereocenters. The van der Waals surface area contributed by atoms with E-state index in [2.05, 4.69) is 93.6 Å². The van der Waals surface area contributed by atoms with E-state index in [1.807, 2.05) is 0 Å². The van der Waals surface area contributed by atoms with Gasteiger partial charge in [0.15, 0.2) is 0 Å². The summed E-state index contributed by atoms with van der Waals surface area (Å²) in [5.74, 6) is 0.560. The molecule has 0 heteroatoms. The number of benzene rings is 3. The molecule has 0 aliphatic rings. The van der Waals surface area contributed by atoms with Gasteiger partial charge in [-0.1, -0.05) is 86.6 Å². The van der Waals surface area contributed by atoms with Crippen LogP contribution in [0.15, 0.2) is 72.8 Å². The zero-order valence-electron chi connectivity index (χ0n) is 13.5. The van der Waals surface area contributed by atoms with Crippen molar-refractivity contribution in [2.45, 2.75) is 26.7 Å². The molecular formula is C22H22. The molecule has 0 aromatic heterocycles. The Morgan fingerprint density at radius 3 is 2.00 bits per heavy atom. The van der Waals surface area contributed by atoms with Crippen molar-refractivity contribution in [2.75, 3.05) is 0 Å². The van der Waals surface area contributed by atoms with Crippen LogP contribution in [-0.2, 0) is 0 Å². The number of rotatable bonds is 3. The van der Waals surface area contributed by atoms with Gasteiger partial charge in [0.1, 0.15) is 0 Å². The highest BCUT2D eigenvalue weighted by atomic mass is 14.1. The minimum Gasteiger partial charge on any atom is -0.0622 e. The van der Waals surface area contributed by atoms with E-state index in [4.69, 9.17) is 0 Å². The molecule has 0 amide bonds. The fourth-order valence-electron chi connectivity index (χ4n) is 2.86. The molecule has 3 rings (SSSR count). The first-order valence-corrected chi connectivity index (χ1v) is 7.91. The summed E-state index contributed by atoms with van der Waals surface area (Å²) in [5.41, 5.74) is 7.89. The molecule has 110 valence electrons. The Bertz CT molecular complexity index is 767. The van der Waals surface area contributed by atoms with Crippen molar-refractivity contribution in [3.63, 3.8) is 0 Å². The van der Waals surface area contributed by atoms with Crippen molar-refractivity contribution in [3.05, 3.63) is 83.9 Å². The molecule has 0 aliphatic heterocycles. The van der Waals surface area contributed by atoms with Crippen LogP contribution in [0.3, 0.4) is 0 Å². The maximum atomic E-state index is 2.31. The number of hydrogen-bond acceptors (Lipinski definition) is 0. The van der Waals surface area contributed by atoms with Crippen LogP contribution in [0.4, 0.5) is 0 Å². The Hall–Kier alpha value is -2.34. The molecule has 0 N–H and O–H groups in total. The fraction of sp³-hybridized carbons (Fsp3) is 0.182. The molecule has 0 bridgehead atoms. The molecule has 0 saturated carbocycles. The molecular weight excluding hydrogens is 264 g/mol. The molecule has 3 aromatic carbocycles. The third kappa shape index (κ3) is 2.96. The largest absolute Gasteiger partial charge is 0.0622 e. The van der Waals surface area contributed by atoms with Gasteiger partial charge < -0.3 is 0 Å². The van der Waals surface area contributed by atoms with Crippen molar-refractivity contribution in [1.82, 2.24) is 0 Å². The highest BCUT2D eigenvalue weighted by Gasteiger charge is 2.06. The molecule has 0 radical (unpaired) electrons. The molecule has 22 heavy (non-hydrogen) atoms. The summed E-state index contributed by atoms with van der Waals surface area (Å²) >= 11 is 0. The Morgan fingerprint density at radius 2 is 1.32 bits per heavy atom. The van der Waals surface area contributed by atoms with E-state index in [0.717, 1.165) is 0 Å². The normalized spacial score (nSPS) is 10.9. The van der Waals surface area contributed by atoms with Crippen molar-refractivity contribution in [1.29, 1.82) is 0 Å². The van der Waals surface area contributed by atoms with Crippen LogP contribution in [-0.4, -0.2) is 0 Å². The van der Waals surface area contributed by atoms with E-state index >= 15 is 0 Å². The van der Waals surface area contributed by atoms with Crippen LogP contribution in [0.2, 0.25) is 0 Å². The molecule has 3 aromatic rings. The zero-order chi connectivity index (χ0) is 15.5. The Labute approximate surface area is 133 Å².